The van der Waals surface area contributed by atoms with Crippen LogP contribution in [0.2, 0.25) is 0 Å². The van der Waals surface area contributed by atoms with Gasteiger partial charge >= 0.3 is 6.18 Å². The van der Waals surface area contributed by atoms with Crippen molar-refractivity contribution in [1.29, 1.82) is 0 Å². The van der Waals surface area contributed by atoms with Crippen LogP contribution in [0.3, 0.4) is 0 Å². The third kappa shape index (κ3) is 3.12. The molecule has 0 aromatic heterocycles. The van der Waals surface area contributed by atoms with E-state index in [2.05, 4.69) is 10.2 Å². The first-order valence-corrected chi connectivity index (χ1v) is 9.58. The molecule has 2 saturated heterocycles. The number of benzene rings is 2. The van der Waals surface area contributed by atoms with Gasteiger partial charge in [-0.05, 0) is 60.7 Å². The summed E-state index contributed by atoms with van der Waals surface area (Å²) in [4.78, 5) is 2.21. The zero-order chi connectivity index (χ0) is 19.5. The number of nitrogens with zero attached hydrogens (tertiary/aromatic N) is 1. The van der Waals surface area contributed by atoms with Crippen LogP contribution in [0.5, 0.6) is 5.75 Å². The van der Waals surface area contributed by atoms with Crippen molar-refractivity contribution in [3.05, 3.63) is 59.2 Å². The van der Waals surface area contributed by atoms with Crippen molar-refractivity contribution in [2.75, 3.05) is 11.9 Å². The average molecular weight is 390 g/mol. The van der Waals surface area contributed by atoms with Crippen LogP contribution in [0, 0.1) is 0 Å². The number of anilines is 1. The number of halogens is 3. The van der Waals surface area contributed by atoms with Crippen molar-refractivity contribution in [3.8, 4) is 5.75 Å². The number of hydrogen-bond donors (Lipinski definition) is 2. The molecule has 4 atom stereocenters. The molecule has 0 radical (unpaired) electrons. The third-order valence-electron chi connectivity index (χ3n) is 5.99. The normalized spacial score (nSPS) is 29.5. The zero-order valence-corrected chi connectivity index (χ0v) is 15.1. The highest BCUT2D eigenvalue weighted by molar-refractivity contribution is 5.58. The summed E-state index contributed by atoms with van der Waals surface area (Å²) in [7, 11) is 0. The first kappa shape index (κ1) is 17.8. The van der Waals surface area contributed by atoms with Gasteiger partial charge in [-0.1, -0.05) is 12.1 Å². The predicted molar refractivity (Wildman–Crippen MR) is 97.9 cm³/mol. The van der Waals surface area contributed by atoms with Gasteiger partial charge in [0.05, 0.1) is 17.7 Å². The monoisotopic (exact) mass is 390 g/mol. The van der Waals surface area contributed by atoms with Crippen molar-refractivity contribution in [2.24, 2.45) is 0 Å². The van der Waals surface area contributed by atoms with Crippen molar-refractivity contribution < 1.29 is 23.0 Å². The van der Waals surface area contributed by atoms with Crippen LogP contribution >= 0.6 is 0 Å². The van der Waals surface area contributed by atoms with Gasteiger partial charge < -0.3 is 15.2 Å². The number of nitrogens with one attached hydrogen (secondary N) is 1. The SMILES string of the molecule is Oc1cccc(C2CC(N3CCCC4OC43)c3cc(C(F)(F)F)ccc3N2)c1. The second kappa shape index (κ2) is 6.39. The quantitative estimate of drug-likeness (QED) is 0.721. The lowest BCUT2D eigenvalue weighted by atomic mass is 9.86. The molecule has 0 spiro atoms. The summed E-state index contributed by atoms with van der Waals surface area (Å²) in [6, 6.07) is 10.7. The highest BCUT2D eigenvalue weighted by Crippen LogP contribution is 2.48. The molecule has 0 bridgehead atoms. The summed E-state index contributed by atoms with van der Waals surface area (Å²) >= 11 is 0. The summed E-state index contributed by atoms with van der Waals surface area (Å²) in [5, 5.41) is 13.2. The Hall–Kier alpha value is -2.25. The number of epoxide rings is 1. The van der Waals surface area contributed by atoms with E-state index < -0.39 is 11.7 Å². The fourth-order valence-electron chi connectivity index (χ4n) is 4.59. The zero-order valence-electron chi connectivity index (χ0n) is 15.1. The maximum absolute atomic E-state index is 13.3. The number of likely N-dealkylation sites (tertiary alicyclic amines) is 1. The molecule has 2 aromatic rings. The van der Waals surface area contributed by atoms with Gasteiger partial charge in [0.15, 0.2) is 0 Å². The Balaban J connectivity index is 1.55. The van der Waals surface area contributed by atoms with Gasteiger partial charge in [0.1, 0.15) is 12.0 Å². The molecule has 4 nitrogen and oxygen atoms in total. The largest absolute Gasteiger partial charge is 0.508 e. The van der Waals surface area contributed by atoms with E-state index in [0.29, 0.717) is 17.7 Å². The molecule has 3 aliphatic rings. The van der Waals surface area contributed by atoms with E-state index in [9.17, 15) is 18.3 Å². The van der Waals surface area contributed by atoms with Crippen molar-refractivity contribution in [2.45, 2.75) is 49.9 Å². The Morgan fingerprint density at radius 3 is 2.79 bits per heavy atom. The van der Waals surface area contributed by atoms with Crippen LogP contribution in [0.15, 0.2) is 42.5 Å². The fraction of sp³-hybridized carbons (Fsp3) is 0.429. The van der Waals surface area contributed by atoms with Gasteiger partial charge in [0, 0.05) is 18.3 Å². The lowest BCUT2D eigenvalue weighted by Crippen LogP contribution is -2.40. The van der Waals surface area contributed by atoms with Crippen LogP contribution in [-0.2, 0) is 10.9 Å². The second-order valence-electron chi connectivity index (χ2n) is 7.79. The van der Waals surface area contributed by atoms with E-state index in [1.54, 1.807) is 18.2 Å². The molecule has 0 aliphatic carbocycles. The van der Waals surface area contributed by atoms with E-state index in [1.165, 1.54) is 12.1 Å². The number of alkyl halides is 3. The van der Waals surface area contributed by atoms with E-state index >= 15 is 0 Å². The number of fused-ring (bicyclic) bond motifs is 2. The lowest BCUT2D eigenvalue weighted by molar-refractivity contribution is -0.137. The highest BCUT2D eigenvalue weighted by Gasteiger charge is 2.50. The first-order valence-electron chi connectivity index (χ1n) is 9.58. The molecular formula is C21H21F3N2O2. The van der Waals surface area contributed by atoms with Gasteiger partial charge in [-0.2, -0.15) is 13.2 Å². The molecule has 148 valence electrons. The summed E-state index contributed by atoms with van der Waals surface area (Å²) in [5.74, 6) is 0.178. The van der Waals surface area contributed by atoms with Crippen molar-refractivity contribution in [1.82, 2.24) is 4.90 Å². The van der Waals surface area contributed by atoms with Gasteiger partial charge in [-0.25, -0.2) is 0 Å². The minimum Gasteiger partial charge on any atom is -0.508 e. The fourth-order valence-corrected chi connectivity index (χ4v) is 4.59. The lowest BCUT2D eigenvalue weighted by Gasteiger charge is -2.40. The molecule has 3 heterocycles. The number of piperidine rings is 1. The van der Waals surface area contributed by atoms with E-state index in [1.807, 2.05) is 6.07 Å². The van der Waals surface area contributed by atoms with E-state index in [4.69, 9.17) is 4.74 Å². The number of rotatable bonds is 2. The number of ether oxygens (including phenoxy) is 1. The van der Waals surface area contributed by atoms with Crippen molar-refractivity contribution in [3.63, 3.8) is 0 Å². The maximum atomic E-state index is 13.3. The number of phenolic OH excluding ortho intramolecular Hbond substituents is 1. The summed E-state index contributed by atoms with van der Waals surface area (Å²) in [6.07, 6.45) is -1.55. The van der Waals surface area contributed by atoms with E-state index in [0.717, 1.165) is 31.0 Å². The molecule has 7 heteroatoms. The summed E-state index contributed by atoms with van der Waals surface area (Å²) in [5.41, 5.74) is 1.67. The first-order chi connectivity index (χ1) is 13.4. The number of phenols is 1. The Kier molecular flexibility index (Phi) is 4.07. The van der Waals surface area contributed by atoms with Crippen LogP contribution < -0.4 is 5.32 Å². The molecule has 28 heavy (non-hydrogen) atoms. The smallest absolute Gasteiger partial charge is 0.416 e. The molecule has 4 unspecified atom stereocenters. The highest BCUT2D eigenvalue weighted by atomic mass is 19.4. The van der Waals surface area contributed by atoms with Crippen LogP contribution in [0.4, 0.5) is 18.9 Å². The van der Waals surface area contributed by atoms with Gasteiger partial charge in [-0.15, -0.1) is 0 Å². The Bertz CT molecular complexity index is 901. The van der Waals surface area contributed by atoms with Gasteiger partial charge in [0.25, 0.3) is 0 Å². The molecular weight excluding hydrogens is 369 g/mol. The molecule has 0 amide bonds. The Labute approximate surface area is 160 Å². The molecule has 5 rings (SSSR count). The van der Waals surface area contributed by atoms with Crippen molar-refractivity contribution >= 4 is 5.69 Å². The van der Waals surface area contributed by atoms with Crippen LogP contribution in [-0.4, -0.2) is 28.9 Å². The molecule has 0 saturated carbocycles. The van der Waals surface area contributed by atoms with Gasteiger partial charge in [0.2, 0.25) is 0 Å². The number of aromatic hydroxyl groups is 1. The molecule has 2 aromatic carbocycles. The maximum Gasteiger partial charge on any atom is 0.416 e. The minimum atomic E-state index is -4.37. The standard InChI is InChI=1S/C21H21F3N2O2/c22-21(23,24)13-6-7-16-15(10-13)18(26-8-2-5-19-20(26)28-19)11-17(25-16)12-3-1-4-14(27)9-12/h1,3-4,6-7,9-10,17-20,25,27H,2,5,8,11H2. The van der Waals surface area contributed by atoms with Crippen LogP contribution in [0.25, 0.3) is 0 Å². The number of hydrogen-bond acceptors (Lipinski definition) is 4. The Morgan fingerprint density at radius 1 is 1.14 bits per heavy atom. The van der Waals surface area contributed by atoms with Gasteiger partial charge in [-0.3, -0.25) is 4.90 Å². The molecule has 2 fully saturated rings. The molecule has 3 aliphatic heterocycles. The Morgan fingerprint density at radius 2 is 2.00 bits per heavy atom. The predicted octanol–water partition coefficient (Wildman–Crippen LogP) is 4.83. The summed E-state index contributed by atoms with van der Waals surface area (Å²) < 4.78 is 45.7. The topological polar surface area (TPSA) is 48.0 Å². The third-order valence-corrected chi connectivity index (χ3v) is 5.99. The van der Waals surface area contributed by atoms with Crippen LogP contribution in [0.1, 0.15) is 48.0 Å². The molecule has 2 N–H and O–H groups in total. The minimum absolute atomic E-state index is 0.00377. The second-order valence-corrected chi connectivity index (χ2v) is 7.79. The average Bonchev–Trinajstić information content (AvgIpc) is 3.46. The summed E-state index contributed by atoms with van der Waals surface area (Å²) in [6.45, 7) is 0.814. The van der Waals surface area contributed by atoms with E-state index in [-0.39, 0.29) is 30.2 Å².